The number of likely N-dealkylation sites (tertiary alicyclic amines) is 1. The molecule has 0 aromatic heterocycles. The lowest BCUT2D eigenvalue weighted by molar-refractivity contribution is -0.141. The Bertz CT molecular complexity index is 632. The number of ether oxygens (including phenoxy) is 1. The van der Waals surface area contributed by atoms with Crippen LogP contribution in [0.3, 0.4) is 0 Å². The van der Waals surface area contributed by atoms with Gasteiger partial charge in [-0.1, -0.05) is 12.1 Å². The number of hydrogen-bond acceptors (Lipinski definition) is 4. The van der Waals surface area contributed by atoms with E-state index >= 15 is 0 Å². The van der Waals surface area contributed by atoms with Crippen LogP contribution in [0.5, 0.6) is 0 Å². The molecule has 1 saturated heterocycles. The van der Waals surface area contributed by atoms with Gasteiger partial charge < -0.3 is 19.6 Å². The molecule has 2 rings (SSSR count). The molecule has 1 amide bonds. The zero-order valence-electron chi connectivity index (χ0n) is 16.4. The molecule has 1 aliphatic rings. The Morgan fingerprint density at radius 1 is 1.15 bits per heavy atom. The Morgan fingerprint density at radius 2 is 1.73 bits per heavy atom. The summed E-state index contributed by atoms with van der Waals surface area (Å²) in [5.74, 6) is -1.73. The number of hydrogen-bond donors (Lipinski definition) is 1. The molecule has 0 unspecified atom stereocenters. The summed E-state index contributed by atoms with van der Waals surface area (Å²) in [6.45, 7) is 12.0. The molecule has 0 spiro atoms. The maximum Gasteiger partial charge on any atom is 0.410 e. The SMILES string of the molecule is CCN(CC)c1ccc([C@@H]2CN(C(=O)OC(C)(C)C)C[C@H]2C(=O)O)cc1. The molecule has 144 valence electrons. The molecule has 26 heavy (non-hydrogen) atoms. The monoisotopic (exact) mass is 362 g/mol. The van der Waals surface area contributed by atoms with Crippen molar-refractivity contribution in [1.29, 1.82) is 0 Å². The molecule has 0 radical (unpaired) electrons. The first kappa shape index (κ1) is 20.1. The van der Waals surface area contributed by atoms with Gasteiger partial charge in [-0.2, -0.15) is 0 Å². The molecule has 0 saturated carbocycles. The van der Waals surface area contributed by atoms with Crippen LogP contribution in [0.1, 0.15) is 46.1 Å². The highest BCUT2D eigenvalue weighted by molar-refractivity contribution is 5.76. The van der Waals surface area contributed by atoms with Crippen molar-refractivity contribution in [2.45, 2.75) is 46.1 Å². The molecular formula is C20H30N2O4. The van der Waals surface area contributed by atoms with Crippen molar-refractivity contribution in [3.63, 3.8) is 0 Å². The van der Waals surface area contributed by atoms with E-state index in [-0.39, 0.29) is 12.5 Å². The van der Waals surface area contributed by atoms with Gasteiger partial charge in [-0.05, 0) is 52.3 Å². The molecule has 1 aliphatic heterocycles. The third-order valence-electron chi connectivity index (χ3n) is 4.74. The number of rotatable bonds is 5. The number of carbonyl (C=O) groups excluding carboxylic acids is 1. The third kappa shape index (κ3) is 4.68. The van der Waals surface area contributed by atoms with Gasteiger partial charge in [-0.25, -0.2) is 4.79 Å². The quantitative estimate of drug-likeness (QED) is 0.867. The van der Waals surface area contributed by atoms with Gasteiger partial charge in [0, 0.05) is 37.8 Å². The minimum absolute atomic E-state index is 0.173. The van der Waals surface area contributed by atoms with Gasteiger partial charge in [0.1, 0.15) is 5.60 Å². The van der Waals surface area contributed by atoms with E-state index < -0.39 is 23.6 Å². The fourth-order valence-electron chi connectivity index (χ4n) is 3.39. The van der Waals surface area contributed by atoms with Crippen LogP contribution in [0, 0.1) is 5.92 Å². The second kappa shape index (κ2) is 7.98. The first-order valence-electron chi connectivity index (χ1n) is 9.21. The van der Waals surface area contributed by atoms with Gasteiger partial charge in [0.2, 0.25) is 0 Å². The Morgan fingerprint density at radius 3 is 2.19 bits per heavy atom. The van der Waals surface area contributed by atoms with E-state index in [1.165, 1.54) is 4.90 Å². The van der Waals surface area contributed by atoms with Crippen LogP contribution in [-0.2, 0) is 9.53 Å². The number of aliphatic carboxylic acids is 1. The molecule has 1 fully saturated rings. The lowest BCUT2D eigenvalue weighted by Gasteiger charge is -2.24. The van der Waals surface area contributed by atoms with E-state index in [9.17, 15) is 14.7 Å². The van der Waals surface area contributed by atoms with E-state index in [0.717, 1.165) is 24.3 Å². The third-order valence-corrected chi connectivity index (χ3v) is 4.74. The topological polar surface area (TPSA) is 70.1 Å². The van der Waals surface area contributed by atoms with E-state index in [2.05, 4.69) is 18.7 Å². The second-order valence-corrected chi connectivity index (χ2v) is 7.70. The number of carboxylic acid groups (broad SMARTS) is 1. The lowest BCUT2D eigenvalue weighted by Crippen LogP contribution is -2.35. The minimum Gasteiger partial charge on any atom is -0.481 e. The van der Waals surface area contributed by atoms with Gasteiger partial charge in [0.05, 0.1) is 5.92 Å². The van der Waals surface area contributed by atoms with Crippen LogP contribution in [-0.4, -0.2) is 53.8 Å². The predicted octanol–water partition coefficient (Wildman–Crippen LogP) is 3.57. The summed E-state index contributed by atoms with van der Waals surface area (Å²) in [4.78, 5) is 27.8. The zero-order chi connectivity index (χ0) is 19.5. The van der Waals surface area contributed by atoms with Crippen LogP contribution in [0.15, 0.2) is 24.3 Å². The highest BCUT2D eigenvalue weighted by Gasteiger charge is 2.41. The Kier molecular flexibility index (Phi) is 6.16. The molecule has 1 heterocycles. The maximum absolute atomic E-state index is 12.3. The molecule has 6 nitrogen and oxygen atoms in total. The molecule has 1 N–H and O–H groups in total. The highest BCUT2D eigenvalue weighted by Crippen LogP contribution is 2.34. The Balaban J connectivity index is 2.18. The average Bonchev–Trinajstić information content (AvgIpc) is 3.01. The standard InChI is InChI=1S/C20H30N2O4/c1-6-21(7-2)15-10-8-14(9-11-15)16-12-22(13-17(16)18(23)24)19(25)26-20(3,4)5/h8-11,16-17H,6-7,12-13H2,1-5H3,(H,23,24)/t16-,17+/m0/s1. The number of anilines is 1. The number of benzene rings is 1. The number of carbonyl (C=O) groups is 2. The van der Waals surface area contributed by atoms with Gasteiger partial charge in [0.25, 0.3) is 0 Å². The fourth-order valence-corrected chi connectivity index (χ4v) is 3.39. The normalized spacial score (nSPS) is 20.1. The van der Waals surface area contributed by atoms with Crippen molar-refractivity contribution in [2.24, 2.45) is 5.92 Å². The fraction of sp³-hybridized carbons (Fsp3) is 0.600. The molecule has 1 aromatic carbocycles. The van der Waals surface area contributed by atoms with Gasteiger partial charge in [-0.15, -0.1) is 0 Å². The van der Waals surface area contributed by atoms with Crippen molar-refractivity contribution in [1.82, 2.24) is 4.90 Å². The first-order valence-corrected chi connectivity index (χ1v) is 9.21. The summed E-state index contributed by atoms with van der Waals surface area (Å²) in [6.07, 6.45) is -0.453. The molecule has 0 bridgehead atoms. The Hall–Kier alpha value is -2.24. The summed E-state index contributed by atoms with van der Waals surface area (Å²) in [6, 6.07) is 8.01. The smallest absolute Gasteiger partial charge is 0.410 e. The van der Waals surface area contributed by atoms with Crippen molar-refractivity contribution in [3.8, 4) is 0 Å². The van der Waals surface area contributed by atoms with Gasteiger partial charge in [0.15, 0.2) is 0 Å². The molecule has 6 heteroatoms. The zero-order valence-corrected chi connectivity index (χ0v) is 16.4. The Labute approximate surface area is 155 Å². The predicted molar refractivity (Wildman–Crippen MR) is 102 cm³/mol. The van der Waals surface area contributed by atoms with Crippen molar-refractivity contribution < 1.29 is 19.4 Å². The second-order valence-electron chi connectivity index (χ2n) is 7.70. The van der Waals surface area contributed by atoms with Gasteiger partial charge >= 0.3 is 12.1 Å². The average molecular weight is 362 g/mol. The largest absolute Gasteiger partial charge is 0.481 e. The van der Waals surface area contributed by atoms with E-state index in [4.69, 9.17) is 4.74 Å². The minimum atomic E-state index is -0.881. The lowest BCUT2D eigenvalue weighted by atomic mass is 9.89. The first-order chi connectivity index (χ1) is 12.2. The van der Waals surface area contributed by atoms with Crippen LogP contribution < -0.4 is 4.90 Å². The molecule has 0 aliphatic carbocycles. The van der Waals surface area contributed by atoms with Crippen LogP contribution in [0.2, 0.25) is 0 Å². The van der Waals surface area contributed by atoms with E-state index in [0.29, 0.717) is 6.54 Å². The number of amides is 1. The summed E-state index contributed by atoms with van der Waals surface area (Å²) in [7, 11) is 0. The van der Waals surface area contributed by atoms with Crippen LogP contribution in [0.25, 0.3) is 0 Å². The van der Waals surface area contributed by atoms with Crippen LogP contribution >= 0.6 is 0 Å². The van der Waals surface area contributed by atoms with Crippen molar-refractivity contribution >= 4 is 17.7 Å². The molecular weight excluding hydrogens is 332 g/mol. The summed E-state index contributed by atoms with van der Waals surface area (Å²) in [5.41, 5.74) is 1.46. The van der Waals surface area contributed by atoms with Crippen LogP contribution in [0.4, 0.5) is 10.5 Å². The van der Waals surface area contributed by atoms with Gasteiger partial charge in [-0.3, -0.25) is 4.79 Å². The van der Waals surface area contributed by atoms with E-state index in [1.54, 1.807) is 20.8 Å². The van der Waals surface area contributed by atoms with E-state index in [1.807, 2.05) is 24.3 Å². The van der Waals surface area contributed by atoms with Crippen molar-refractivity contribution in [2.75, 3.05) is 31.1 Å². The summed E-state index contributed by atoms with van der Waals surface area (Å²) < 4.78 is 5.40. The number of carboxylic acids is 1. The highest BCUT2D eigenvalue weighted by atomic mass is 16.6. The number of nitrogens with zero attached hydrogens (tertiary/aromatic N) is 2. The maximum atomic E-state index is 12.3. The van der Waals surface area contributed by atoms with Crippen molar-refractivity contribution in [3.05, 3.63) is 29.8 Å². The summed E-state index contributed by atoms with van der Waals surface area (Å²) in [5, 5.41) is 9.61. The summed E-state index contributed by atoms with van der Waals surface area (Å²) >= 11 is 0. The molecule has 2 atom stereocenters. The molecule has 1 aromatic rings.